The number of methoxy groups -OCH3 is 2. The molecular formula is C28H29N3O4S2. The minimum atomic E-state index is -0.274. The fraction of sp³-hybridized carbons (Fsp3) is 0.250. The van der Waals surface area contributed by atoms with E-state index in [-0.39, 0.29) is 17.1 Å². The molecule has 0 aliphatic carbocycles. The zero-order valence-corrected chi connectivity index (χ0v) is 23.0. The van der Waals surface area contributed by atoms with Crippen LogP contribution < -0.4 is 20.1 Å². The average molecular weight is 536 g/mol. The molecule has 7 nitrogen and oxygen atoms in total. The van der Waals surface area contributed by atoms with Gasteiger partial charge in [-0.1, -0.05) is 36.9 Å². The molecule has 9 heteroatoms. The molecule has 37 heavy (non-hydrogen) atoms. The third-order valence-electron chi connectivity index (χ3n) is 5.91. The average Bonchev–Trinajstić information content (AvgIpc) is 3.30. The lowest BCUT2D eigenvalue weighted by Crippen LogP contribution is -2.25. The van der Waals surface area contributed by atoms with Gasteiger partial charge in [0.15, 0.2) is 15.8 Å². The highest BCUT2D eigenvalue weighted by atomic mass is 32.2. The molecule has 0 aliphatic heterocycles. The minimum Gasteiger partial charge on any atom is -0.493 e. The number of hydrogen-bond donors (Lipinski definition) is 2. The minimum absolute atomic E-state index is 0.0352. The molecule has 2 amide bonds. The smallest absolute Gasteiger partial charge is 0.255 e. The van der Waals surface area contributed by atoms with Gasteiger partial charge in [-0.2, -0.15) is 0 Å². The van der Waals surface area contributed by atoms with E-state index in [1.807, 2.05) is 57.2 Å². The van der Waals surface area contributed by atoms with Crippen molar-refractivity contribution in [3.05, 3.63) is 71.3 Å². The van der Waals surface area contributed by atoms with Gasteiger partial charge in [-0.15, -0.1) is 11.3 Å². The van der Waals surface area contributed by atoms with Crippen molar-refractivity contribution in [2.45, 2.75) is 36.8 Å². The first-order valence-electron chi connectivity index (χ1n) is 11.8. The van der Waals surface area contributed by atoms with Gasteiger partial charge >= 0.3 is 0 Å². The van der Waals surface area contributed by atoms with E-state index in [9.17, 15) is 9.59 Å². The number of fused-ring (bicyclic) bond motifs is 1. The van der Waals surface area contributed by atoms with Gasteiger partial charge in [-0.25, -0.2) is 4.98 Å². The molecule has 0 aliphatic rings. The number of anilines is 2. The van der Waals surface area contributed by atoms with E-state index < -0.39 is 0 Å². The number of ether oxygens (including phenoxy) is 2. The van der Waals surface area contributed by atoms with Crippen LogP contribution in [-0.2, 0) is 4.79 Å². The Morgan fingerprint density at radius 1 is 0.973 bits per heavy atom. The highest BCUT2D eigenvalue weighted by Crippen LogP contribution is 2.35. The van der Waals surface area contributed by atoms with Gasteiger partial charge in [-0.3, -0.25) is 9.59 Å². The van der Waals surface area contributed by atoms with Gasteiger partial charge in [0, 0.05) is 16.9 Å². The van der Waals surface area contributed by atoms with Crippen LogP contribution in [0.1, 0.15) is 34.8 Å². The Morgan fingerprint density at radius 2 is 1.70 bits per heavy atom. The number of carbonyl (C=O) groups is 2. The van der Waals surface area contributed by atoms with E-state index in [1.54, 1.807) is 25.3 Å². The lowest BCUT2D eigenvalue weighted by Gasteiger charge is -2.16. The van der Waals surface area contributed by atoms with Gasteiger partial charge in [0.25, 0.3) is 5.91 Å². The van der Waals surface area contributed by atoms with Crippen molar-refractivity contribution in [2.24, 2.45) is 0 Å². The van der Waals surface area contributed by atoms with E-state index in [4.69, 9.17) is 14.5 Å². The molecule has 1 unspecified atom stereocenters. The summed E-state index contributed by atoms with van der Waals surface area (Å²) in [4.78, 5) is 30.6. The van der Waals surface area contributed by atoms with Crippen molar-refractivity contribution >= 4 is 56.5 Å². The summed E-state index contributed by atoms with van der Waals surface area (Å²) in [6.45, 7) is 5.98. The van der Waals surface area contributed by atoms with E-state index >= 15 is 0 Å². The molecule has 192 valence electrons. The fourth-order valence-electron chi connectivity index (χ4n) is 3.87. The number of rotatable bonds is 9. The predicted molar refractivity (Wildman–Crippen MR) is 152 cm³/mol. The quantitative estimate of drug-likeness (QED) is 0.232. The third-order valence-corrected chi connectivity index (χ3v) is 8.38. The molecule has 2 N–H and O–H groups in total. The number of nitrogens with one attached hydrogen (secondary N) is 2. The van der Waals surface area contributed by atoms with Crippen molar-refractivity contribution in [3.63, 3.8) is 0 Å². The van der Waals surface area contributed by atoms with Gasteiger partial charge in [0.05, 0.1) is 29.7 Å². The SMILES string of the molecule is CCC(Sc1nc2ccc(NC(=O)c3ccc(OC)c(OC)c3)cc2s1)C(=O)Nc1c(C)cccc1C. The van der Waals surface area contributed by atoms with Crippen molar-refractivity contribution in [3.8, 4) is 11.5 Å². The molecule has 1 atom stereocenters. The van der Waals surface area contributed by atoms with Crippen molar-refractivity contribution in [1.29, 1.82) is 0 Å². The second-order valence-corrected chi connectivity index (χ2v) is 10.9. The lowest BCUT2D eigenvalue weighted by atomic mass is 10.1. The summed E-state index contributed by atoms with van der Waals surface area (Å²) in [6.07, 6.45) is 0.671. The molecule has 1 heterocycles. The molecule has 0 spiro atoms. The first-order valence-corrected chi connectivity index (χ1v) is 13.5. The number of carbonyl (C=O) groups excluding carboxylic acids is 2. The Kier molecular flexibility index (Phi) is 8.35. The standard InChI is InChI=1S/C28H29N3O4S2/c1-6-23(27(33)31-25-16(2)8-7-9-17(25)3)36-28-30-20-12-11-19(15-24(20)37-28)29-26(32)18-10-13-21(34-4)22(14-18)35-5/h7-15,23H,6H2,1-5H3,(H,29,32)(H,31,33). The summed E-state index contributed by atoms with van der Waals surface area (Å²) in [5.41, 5.74) is 4.88. The van der Waals surface area contributed by atoms with Crippen LogP contribution in [0.4, 0.5) is 11.4 Å². The first kappa shape index (κ1) is 26.5. The number of para-hydroxylation sites is 1. The number of benzene rings is 3. The maximum atomic E-state index is 13.0. The maximum absolute atomic E-state index is 13.0. The number of thioether (sulfide) groups is 1. The van der Waals surface area contributed by atoms with Crippen LogP contribution in [0.25, 0.3) is 10.2 Å². The Hall–Kier alpha value is -3.56. The van der Waals surface area contributed by atoms with Gasteiger partial charge < -0.3 is 20.1 Å². The molecule has 4 aromatic rings. The first-order chi connectivity index (χ1) is 17.8. The summed E-state index contributed by atoms with van der Waals surface area (Å²) < 4.78 is 12.3. The Balaban J connectivity index is 1.47. The third kappa shape index (κ3) is 6.06. The van der Waals surface area contributed by atoms with Crippen molar-refractivity contribution < 1.29 is 19.1 Å². The number of aryl methyl sites for hydroxylation is 2. The van der Waals surface area contributed by atoms with E-state index in [0.717, 1.165) is 31.4 Å². The molecule has 4 rings (SSSR count). The van der Waals surface area contributed by atoms with Crippen LogP contribution in [0, 0.1) is 13.8 Å². The zero-order valence-electron chi connectivity index (χ0n) is 21.4. The van der Waals surface area contributed by atoms with Crippen molar-refractivity contribution in [1.82, 2.24) is 4.98 Å². The van der Waals surface area contributed by atoms with Gasteiger partial charge in [0.1, 0.15) is 0 Å². The van der Waals surface area contributed by atoms with Gasteiger partial charge in [0.2, 0.25) is 5.91 Å². The Labute approximate surface area is 224 Å². The second-order valence-electron chi connectivity index (χ2n) is 8.46. The lowest BCUT2D eigenvalue weighted by molar-refractivity contribution is -0.115. The van der Waals surface area contributed by atoms with Crippen molar-refractivity contribution in [2.75, 3.05) is 24.9 Å². The van der Waals surface area contributed by atoms with E-state index in [0.29, 0.717) is 29.2 Å². The molecule has 0 radical (unpaired) electrons. The van der Waals surface area contributed by atoms with Crippen LogP contribution >= 0.6 is 23.1 Å². The molecule has 1 aromatic heterocycles. The molecule has 0 saturated carbocycles. The number of thiazole rings is 1. The predicted octanol–water partition coefficient (Wildman–Crippen LogP) is 6.69. The summed E-state index contributed by atoms with van der Waals surface area (Å²) in [5, 5.41) is 5.75. The highest BCUT2D eigenvalue weighted by molar-refractivity contribution is 8.02. The molecule has 0 fully saturated rings. The molecule has 0 bridgehead atoms. The van der Waals surface area contributed by atoms with Crippen LogP contribution in [0.2, 0.25) is 0 Å². The Morgan fingerprint density at radius 3 is 2.38 bits per heavy atom. The number of amides is 2. The second kappa shape index (κ2) is 11.7. The maximum Gasteiger partial charge on any atom is 0.255 e. The normalized spacial score (nSPS) is 11.7. The zero-order chi connectivity index (χ0) is 26.5. The topological polar surface area (TPSA) is 89.6 Å². The van der Waals surface area contributed by atoms with Crippen LogP contribution in [0.5, 0.6) is 11.5 Å². The van der Waals surface area contributed by atoms with E-state index in [1.165, 1.54) is 30.2 Å². The summed E-state index contributed by atoms with van der Waals surface area (Å²) >= 11 is 2.96. The van der Waals surface area contributed by atoms with Gasteiger partial charge in [-0.05, 0) is 67.8 Å². The van der Waals surface area contributed by atoms with Crippen LogP contribution in [-0.4, -0.2) is 36.3 Å². The largest absolute Gasteiger partial charge is 0.493 e. The number of aromatic nitrogens is 1. The number of nitrogens with zero attached hydrogens (tertiary/aromatic N) is 1. The number of hydrogen-bond acceptors (Lipinski definition) is 7. The summed E-state index contributed by atoms with van der Waals surface area (Å²) in [5.74, 6) is 0.755. The molecule has 0 saturated heterocycles. The Bertz CT molecular complexity index is 1430. The summed E-state index contributed by atoms with van der Waals surface area (Å²) in [6, 6.07) is 16.6. The highest BCUT2D eigenvalue weighted by Gasteiger charge is 2.21. The molecule has 3 aromatic carbocycles. The summed E-state index contributed by atoms with van der Waals surface area (Å²) in [7, 11) is 3.08. The fourth-order valence-corrected chi connectivity index (χ4v) is 6.15. The van der Waals surface area contributed by atoms with Crippen LogP contribution in [0.15, 0.2) is 58.9 Å². The van der Waals surface area contributed by atoms with Crippen LogP contribution in [0.3, 0.4) is 0 Å². The van der Waals surface area contributed by atoms with E-state index in [2.05, 4.69) is 10.6 Å². The molecular weight excluding hydrogens is 506 g/mol. The monoisotopic (exact) mass is 535 g/mol.